The van der Waals surface area contributed by atoms with Crippen molar-refractivity contribution in [2.75, 3.05) is 31.6 Å². The molecule has 1 aliphatic rings. The van der Waals surface area contributed by atoms with Crippen LogP contribution in [0.25, 0.3) is 0 Å². The molecule has 2 N–H and O–H groups in total. The van der Waals surface area contributed by atoms with E-state index in [1.165, 1.54) is 0 Å². The largest absolute Gasteiger partial charge is 0.494 e. The van der Waals surface area contributed by atoms with Crippen molar-refractivity contribution in [1.82, 2.24) is 10.3 Å². The second-order valence-corrected chi connectivity index (χ2v) is 5.12. The standard InChI is InChI=1S/C17H21N3O2/c1-2-21-15-6-3-13(4-7-15)20-14-5-8-16(19-11-14)17-12-18-9-10-22-17/h3-8,11,17-18,20H,2,9-10,12H2,1H3/t17-/m0/s1. The fourth-order valence-electron chi connectivity index (χ4n) is 2.39. The van der Waals surface area contributed by atoms with Crippen molar-refractivity contribution in [2.24, 2.45) is 0 Å². The SMILES string of the molecule is CCOc1ccc(Nc2ccc([C@@H]3CNCCO3)nc2)cc1. The topological polar surface area (TPSA) is 55.4 Å². The molecule has 116 valence electrons. The van der Waals surface area contributed by atoms with Crippen LogP contribution < -0.4 is 15.4 Å². The van der Waals surface area contributed by atoms with Gasteiger partial charge in [-0.05, 0) is 43.3 Å². The van der Waals surface area contributed by atoms with Crippen LogP contribution in [0.15, 0.2) is 42.6 Å². The van der Waals surface area contributed by atoms with Crippen molar-refractivity contribution < 1.29 is 9.47 Å². The van der Waals surface area contributed by atoms with E-state index < -0.39 is 0 Å². The number of nitrogens with zero attached hydrogens (tertiary/aromatic N) is 1. The number of aromatic nitrogens is 1. The Balaban J connectivity index is 1.62. The number of pyridine rings is 1. The summed E-state index contributed by atoms with van der Waals surface area (Å²) in [7, 11) is 0. The Kier molecular flexibility index (Phi) is 4.88. The highest BCUT2D eigenvalue weighted by Crippen LogP contribution is 2.22. The van der Waals surface area contributed by atoms with E-state index in [1.54, 1.807) is 0 Å². The van der Waals surface area contributed by atoms with Gasteiger partial charge in [-0.25, -0.2) is 0 Å². The Labute approximate surface area is 130 Å². The van der Waals surface area contributed by atoms with Crippen LogP contribution in [0.4, 0.5) is 11.4 Å². The van der Waals surface area contributed by atoms with Gasteiger partial charge in [0, 0.05) is 18.8 Å². The molecule has 22 heavy (non-hydrogen) atoms. The van der Waals surface area contributed by atoms with Crippen LogP contribution in [0, 0.1) is 0 Å². The molecule has 2 heterocycles. The number of nitrogens with one attached hydrogen (secondary N) is 2. The maximum absolute atomic E-state index is 5.70. The van der Waals surface area contributed by atoms with E-state index in [0.717, 1.165) is 42.5 Å². The highest BCUT2D eigenvalue weighted by atomic mass is 16.5. The Morgan fingerprint density at radius 3 is 2.68 bits per heavy atom. The van der Waals surface area contributed by atoms with Crippen molar-refractivity contribution in [1.29, 1.82) is 0 Å². The summed E-state index contributed by atoms with van der Waals surface area (Å²) in [4.78, 5) is 4.49. The van der Waals surface area contributed by atoms with Crippen LogP contribution >= 0.6 is 0 Å². The van der Waals surface area contributed by atoms with E-state index in [2.05, 4.69) is 15.6 Å². The Morgan fingerprint density at radius 2 is 2.05 bits per heavy atom. The van der Waals surface area contributed by atoms with Crippen molar-refractivity contribution in [3.8, 4) is 5.75 Å². The molecule has 0 bridgehead atoms. The van der Waals surface area contributed by atoms with Gasteiger partial charge in [0.25, 0.3) is 0 Å². The zero-order chi connectivity index (χ0) is 15.2. The second-order valence-electron chi connectivity index (χ2n) is 5.12. The van der Waals surface area contributed by atoms with E-state index >= 15 is 0 Å². The average molecular weight is 299 g/mol. The molecule has 1 aromatic heterocycles. The van der Waals surface area contributed by atoms with Crippen LogP contribution in [0.1, 0.15) is 18.7 Å². The second kappa shape index (κ2) is 7.24. The average Bonchev–Trinajstić information content (AvgIpc) is 2.58. The molecule has 1 fully saturated rings. The fraction of sp³-hybridized carbons (Fsp3) is 0.353. The maximum Gasteiger partial charge on any atom is 0.119 e. The van der Waals surface area contributed by atoms with Gasteiger partial charge in [-0.3, -0.25) is 4.98 Å². The zero-order valence-electron chi connectivity index (χ0n) is 12.7. The van der Waals surface area contributed by atoms with E-state index in [1.807, 2.05) is 49.5 Å². The first-order valence-electron chi connectivity index (χ1n) is 7.63. The number of benzene rings is 1. The molecule has 5 heteroatoms. The summed E-state index contributed by atoms with van der Waals surface area (Å²) in [6.07, 6.45) is 1.89. The molecule has 0 saturated carbocycles. The molecule has 1 aliphatic heterocycles. The van der Waals surface area contributed by atoms with Crippen molar-refractivity contribution >= 4 is 11.4 Å². The molecule has 1 aromatic carbocycles. The van der Waals surface area contributed by atoms with E-state index in [9.17, 15) is 0 Å². The highest BCUT2D eigenvalue weighted by molar-refractivity contribution is 5.59. The van der Waals surface area contributed by atoms with Crippen LogP contribution in [-0.2, 0) is 4.74 Å². The summed E-state index contributed by atoms with van der Waals surface area (Å²) in [5, 5.41) is 6.64. The number of rotatable bonds is 5. The van der Waals surface area contributed by atoms with E-state index in [4.69, 9.17) is 9.47 Å². The van der Waals surface area contributed by atoms with Gasteiger partial charge >= 0.3 is 0 Å². The smallest absolute Gasteiger partial charge is 0.119 e. The first-order chi connectivity index (χ1) is 10.8. The lowest BCUT2D eigenvalue weighted by atomic mass is 10.2. The molecule has 1 atom stereocenters. The van der Waals surface area contributed by atoms with Gasteiger partial charge in [0.15, 0.2) is 0 Å². The van der Waals surface area contributed by atoms with Crippen molar-refractivity contribution in [3.63, 3.8) is 0 Å². The van der Waals surface area contributed by atoms with Crippen LogP contribution in [-0.4, -0.2) is 31.3 Å². The molecular formula is C17H21N3O2. The van der Waals surface area contributed by atoms with Crippen molar-refractivity contribution in [2.45, 2.75) is 13.0 Å². The fourth-order valence-corrected chi connectivity index (χ4v) is 2.39. The molecule has 1 saturated heterocycles. The number of anilines is 2. The normalized spacial score (nSPS) is 18.0. The van der Waals surface area contributed by atoms with Gasteiger partial charge < -0.3 is 20.1 Å². The van der Waals surface area contributed by atoms with Gasteiger partial charge in [-0.15, -0.1) is 0 Å². The predicted molar refractivity (Wildman–Crippen MR) is 86.7 cm³/mol. The molecule has 0 amide bonds. The Morgan fingerprint density at radius 1 is 1.23 bits per heavy atom. The molecule has 3 rings (SSSR count). The first kappa shape index (κ1) is 14.8. The summed E-state index contributed by atoms with van der Waals surface area (Å²) in [5.74, 6) is 0.878. The molecule has 5 nitrogen and oxygen atoms in total. The third-order valence-electron chi connectivity index (χ3n) is 3.50. The molecule has 0 radical (unpaired) electrons. The summed E-state index contributed by atoms with van der Waals surface area (Å²) >= 11 is 0. The minimum atomic E-state index is 0.0493. The Bertz CT molecular complexity index is 578. The molecule has 0 aliphatic carbocycles. The highest BCUT2D eigenvalue weighted by Gasteiger charge is 2.16. The van der Waals surface area contributed by atoms with Crippen LogP contribution in [0.2, 0.25) is 0 Å². The molecule has 0 unspecified atom stereocenters. The summed E-state index contributed by atoms with van der Waals surface area (Å²) in [5.41, 5.74) is 2.93. The predicted octanol–water partition coefficient (Wildman–Crippen LogP) is 2.88. The quantitative estimate of drug-likeness (QED) is 0.889. The monoisotopic (exact) mass is 299 g/mol. The van der Waals surface area contributed by atoms with Gasteiger partial charge in [-0.2, -0.15) is 0 Å². The van der Waals surface area contributed by atoms with Gasteiger partial charge in [0.2, 0.25) is 0 Å². The Hall–Kier alpha value is -2.11. The lowest BCUT2D eigenvalue weighted by Crippen LogP contribution is -2.33. The molecule has 0 spiro atoms. The zero-order valence-corrected chi connectivity index (χ0v) is 12.7. The summed E-state index contributed by atoms with van der Waals surface area (Å²) < 4.78 is 11.1. The van der Waals surface area contributed by atoms with Gasteiger partial charge in [0.05, 0.1) is 30.8 Å². The van der Waals surface area contributed by atoms with Gasteiger partial charge in [-0.1, -0.05) is 0 Å². The maximum atomic E-state index is 5.70. The van der Waals surface area contributed by atoms with E-state index in [0.29, 0.717) is 6.61 Å². The summed E-state index contributed by atoms with van der Waals surface area (Å²) in [6.45, 7) is 5.12. The van der Waals surface area contributed by atoms with Gasteiger partial charge in [0.1, 0.15) is 11.9 Å². The molecular weight excluding hydrogens is 278 g/mol. The van der Waals surface area contributed by atoms with Crippen molar-refractivity contribution in [3.05, 3.63) is 48.3 Å². The minimum Gasteiger partial charge on any atom is -0.494 e. The van der Waals surface area contributed by atoms with Crippen LogP contribution in [0.3, 0.4) is 0 Å². The third-order valence-corrected chi connectivity index (χ3v) is 3.50. The number of hydrogen-bond donors (Lipinski definition) is 2. The lowest BCUT2D eigenvalue weighted by molar-refractivity contribution is 0.0250. The third kappa shape index (κ3) is 3.75. The number of ether oxygens (including phenoxy) is 2. The number of morpholine rings is 1. The number of hydrogen-bond acceptors (Lipinski definition) is 5. The molecule has 2 aromatic rings. The first-order valence-corrected chi connectivity index (χ1v) is 7.63. The summed E-state index contributed by atoms with van der Waals surface area (Å²) in [6, 6.07) is 11.9. The minimum absolute atomic E-state index is 0.0493. The van der Waals surface area contributed by atoms with E-state index in [-0.39, 0.29) is 6.10 Å². The van der Waals surface area contributed by atoms with Crippen LogP contribution in [0.5, 0.6) is 5.75 Å². The lowest BCUT2D eigenvalue weighted by Gasteiger charge is -2.23.